The highest BCUT2D eigenvalue weighted by Crippen LogP contribution is 2.45. The van der Waals surface area contributed by atoms with E-state index in [0.29, 0.717) is 5.82 Å². The minimum Gasteiger partial charge on any atom is -0.456 e. The number of rotatable bonds is 3. The van der Waals surface area contributed by atoms with Gasteiger partial charge in [0.25, 0.3) is 0 Å². The smallest absolute Gasteiger partial charge is 0.164 e. The molecule has 0 unspecified atom stereocenters. The summed E-state index contributed by atoms with van der Waals surface area (Å²) in [7, 11) is 0. The van der Waals surface area contributed by atoms with Crippen LogP contribution in [0.15, 0.2) is 136 Å². The molecule has 0 spiro atoms. The topological polar surface area (TPSA) is 52.1 Å². The number of fused-ring (bicyclic) bond motifs is 10. The lowest BCUT2D eigenvalue weighted by molar-refractivity contribution is 0.595. The molecule has 0 N–H and O–H groups in total. The van der Waals surface area contributed by atoms with Gasteiger partial charge < -0.3 is 8.83 Å². The van der Waals surface area contributed by atoms with Crippen LogP contribution < -0.4 is 0 Å². The van der Waals surface area contributed by atoms with Crippen LogP contribution in [0.1, 0.15) is 17.7 Å². The maximum atomic E-state index is 6.84. The molecule has 6 aromatic carbocycles. The molecule has 49 heavy (non-hydrogen) atoms. The van der Waals surface area contributed by atoms with Crippen LogP contribution in [0.3, 0.4) is 0 Å². The highest BCUT2D eigenvalue weighted by atomic mass is 32.1. The number of allylic oxidation sites excluding steroid dienone is 1. The summed E-state index contributed by atoms with van der Waals surface area (Å²) < 4.78 is 15.5. The van der Waals surface area contributed by atoms with Crippen LogP contribution in [-0.2, 0) is 6.42 Å². The first kappa shape index (κ1) is 27.0. The largest absolute Gasteiger partial charge is 0.456 e. The molecule has 1 aliphatic carbocycles. The maximum Gasteiger partial charge on any atom is 0.164 e. The first-order valence-electron chi connectivity index (χ1n) is 16.6. The van der Waals surface area contributed by atoms with Gasteiger partial charge in [0.1, 0.15) is 22.5 Å². The zero-order chi connectivity index (χ0) is 32.1. The Bertz CT molecular complexity index is 3000. The predicted octanol–water partition coefficient (Wildman–Crippen LogP) is 12.6. The van der Waals surface area contributed by atoms with Crippen LogP contribution in [0, 0.1) is 0 Å². The number of hydrogen-bond donors (Lipinski definition) is 0. The Morgan fingerprint density at radius 1 is 0.612 bits per heavy atom. The van der Waals surface area contributed by atoms with Gasteiger partial charge in [-0.1, -0.05) is 97.1 Å². The number of aromatic nitrogens is 2. The predicted molar refractivity (Wildman–Crippen MR) is 203 cm³/mol. The molecule has 0 saturated heterocycles. The molecule has 0 saturated carbocycles. The average molecular weight is 647 g/mol. The number of nitrogens with zero attached hydrogens (tertiary/aromatic N) is 2. The van der Waals surface area contributed by atoms with Crippen LogP contribution in [0.25, 0.3) is 104 Å². The third kappa shape index (κ3) is 4.03. The lowest BCUT2D eigenvalue weighted by Gasteiger charge is -2.10. The van der Waals surface area contributed by atoms with Crippen LogP contribution in [-0.4, -0.2) is 9.97 Å². The van der Waals surface area contributed by atoms with E-state index in [4.69, 9.17) is 18.8 Å². The molecule has 0 radical (unpaired) electrons. The van der Waals surface area contributed by atoms with Crippen molar-refractivity contribution in [3.05, 3.63) is 139 Å². The Morgan fingerprint density at radius 2 is 1.41 bits per heavy atom. The molecule has 5 heteroatoms. The van der Waals surface area contributed by atoms with Crippen LogP contribution >= 0.6 is 11.3 Å². The molecule has 230 valence electrons. The fourth-order valence-corrected chi connectivity index (χ4v) is 8.79. The summed E-state index contributed by atoms with van der Waals surface area (Å²) in [6.07, 6.45) is 6.33. The summed E-state index contributed by atoms with van der Waals surface area (Å²) in [5, 5.41) is 6.78. The quantitative estimate of drug-likeness (QED) is 0.192. The summed E-state index contributed by atoms with van der Waals surface area (Å²) in [6.45, 7) is 0. The van der Waals surface area contributed by atoms with Crippen molar-refractivity contribution in [3.8, 4) is 33.8 Å². The first-order valence-corrected chi connectivity index (χ1v) is 17.4. The van der Waals surface area contributed by atoms with Gasteiger partial charge in [-0.2, -0.15) is 0 Å². The van der Waals surface area contributed by atoms with E-state index in [9.17, 15) is 0 Å². The molecular formula is C44H26N2O2S. The van der Waals surface area contributed by atoms with Gasteiger partial charge in [-0.15, -0.1) is 11.3 Å². The number of furan rings is 2. The van der Waals surface area contributed by atoms with Gasteiger partial charge in [0.15, 0.2) is 5.82 Å². The highest BCUT2D eigenvalue weighted by Gasteiger charge is 2.23. The van der Waals surface area contributed by atoms with Crippen LogP contribution in [0.2, 0.25) is 0 Å². The molecule has 0 bridgehead atoms. The second-order valence-electron chi connectivity index (χ2n) is 12.8. The molecule has 0 amide bonds. The van der Waals surface area contributed by atoms with Crippen molar-refractivity contribution in [2.45, 2.75) is 12.8 Å². The van der Waals surface area contributed by atoms with Crippen molar-refractivity contribution in [2.24, 2.45) is 0 Å². The van der Waals surface area contributed by atoms with Crippen molar-refractivity contribution < 1.29 is 8.83 Å². The molecule has 4 heterocycles. The Kier molecular flexibility index (Phi) is 5.63. The van der Waals surface area contributed by atoms with E-state index < -0.39 is 0 Å². The third-order valence-corrected chi connectivity index (χ3v) is 11.1. The number of aryl methyl sites for hydroxylation is 1. The summed E-state index contributed by atoms with van der Waals surface area (Å²) >= 11 is 1.74. The van der Waals surface area contributed by atoms with E-state index in [1.807, 2.05) is 0 Å². The van der Waals surface area contributed by atoms with Gasteiger partial charge in [-0.05, 0) is 71.1 Å². The first-order chi connectivity index (χ1) is 24.3. The Hall–Kier alpha value is -6.04. The van der Waals surface area contributed by atoms with Gasteiger partial charge in [0, 0.05) is 37.4 Å². The molecular weight excluding hydrogens is 621 g/mol. The zero-order valence-corrected chi connectivity index (χ0v) is 27.1. The van der Waals surface area contributed by atoms with Crippen molar-refractivity contribution >= 4 is 81.4 Å². The fraction of sp³-hybridized carbons (Fsp3) is 0.0455. The molecule has 1 aliphatic rings. The lowest BCUT2D eigenvalue weighted by Crippen LogP contribution is -1.94. The summed E-state index contributed by atoms with van der Waals surface area (Å²) in [4.78, 5) is 10.7. The Morgan fingerprint density at radius 3 is 2.33 bits per heavy atom. The lowest BCUT2D eigenvalue weighted by atomic mass is 9.96. The van der Waals surface area contributed by atoms with Crippen molar-refractivity contribution in [1.82, 2.24) is 9.97 Å². The Labute approximate surface area is 284 Å². The monoisotopic (exact) mass is 646 g/mol. The average Bonchev–Trinajstić information content (AvgIpc) is 3.84. The van der Waals surface area contributed by atoms with Gasteiger partial charge in [-0.3, -0.25) is 0 Å². The van der Waals surface area contributed by atoms with E-state index in [1.54, 1.807) is 11.3 Å². The number of thiophene rings is 1. The summed E-state index contributed by atoms with van der Waals surface area (Å²) in [6, 6.07) is 42.7. The van der Waals surface area contributed by atoms with Gasteiger partial charge in [0.05, 0.1) is 21.5 Å². The normalized spacial score (nSPS) is 13.1. The SMILES string of the molecule is C1=Cc2oc3cc(-c4nc(-c5ccc(-c6ccccc6)c6c5oc5cc7ccccc7cc56)nc5c4sc4ccccc45)ccc3c2CC1. The fourth-order valence-electron chi connectivity index (χ4n) is 7.63. The number of hydrogen-bond acceptors (Lipinski definition) is 5. The molecule has 10 aromatic rings. The van der Waals surface area contributed by atoms with Crippen molar-refractivity contribution in [1.29, 1.82) is 0 Å². The molecule has 4 aromatic heterocycles. The van der Waals surface area contributed by atoms with Crippen molar-refractivity contribution in [3.63, 3.8) is 0 Å². The Balaban J connectivity index is 1.22. The second-order valence-corrected chi connectivity index (χ2v) is 13.8. The van der Waals surface area contributed by atoms with E-state index >= 15 is 0 Å². The standard InChI is InChI=1S/C44H26N2O2S/c1-2-10-25(11-3-1)29-20-21-33(42-39(29)34-22-26-12-4-5-13-27(26)23-37(34)48-42)44-45-40(43-41(46-44)32-15-7-9-17-38(32)49-43)28-18-19-31-30-14-6-8-16-35(30)47-36(31)24-28/h1-5,7-13,15-24H,6,14H2. The van der Waals surface area contributed by atoms with Gasteiger partial charge in [-0.25, -0.2) is 9.97 Å². The molecule has 0 fully saturated rings. The summed E-state index contributed by atoms with van der Waals surface area (Å²) in [5.41, 5.74) is 9.81. The third-order valence-electron chi connectivity index (χ3n) is 9.96. The minimum atomic E-state index is 0.640. The minimum absolute atomic E-state index is 0.640. The van der Waals surface area contributed by atoms with Crippen molar-refractivity contribution in [2.75, 3.05) is 0 Å². The number of benzene rings is 6. The van der Waals surface area contributed by atoms with Crippen LogP contribution in [0.5, 0.6) is 0 Å². The van der Waals surface area contributed by atoms with E-state index in [2.05, 4.69) is 133 Å². The van der Waals surface area contributed by atoms with E-state index in [-0.39, 0.29) is 0 Å². The maximum absolute atomic E-state index is 6.84. The molecule has 0 atom stereocenters. The molecule has 0 aliphatic heterocycles. The van der Waals surface area contributed by atoms with Gasteiger partial charge in [0.2, 0.25) is 0 Å². The van der Waals surface area contributed by atoms with E-state index in [1.165, 1.54) is 21.0 Å². The van der Waals surface area contributed by atoms with E-state index in [0.717, 1.165) is 95.1 Å². The second kappa shape index (κ2) is 10.2. The zero-order valence-electron chi connectivity index (χ0n) is 26.2. The molecule has 11 rings (SSSR count). The van der Waals surface area contributed by atoms with Crippen LogP contribution in [0.4, 0.5) is 0 Å². The van der Waals surface area contributed by atoms with Gasteiger partial charge >= 0.3 is 0 Å². The summed E-state index contributed by atoms with van der Waals surface area (Å²) in [5.74, 6) is 1.60. The molecule has 4 nitrogen and oxygen atoms in total. The highest BCUT2D eigenvalue weighted by molar-refractivity contribution is 7.26.